The number of alkyl halides is 34. The van der Waals surface area contributed by atoms with Gasteiger partial charge in [-0.15, -0.1) is 0 Å². The predicted octanol–water partition coefficient (Wildman–Crippen LogP) is 12.0. The molecule has 2 N–H and O–H groups in total. The van der Waals surface area contributed by atoms with Crippen LogP contribution in [0.4, 0.5) is 155 Å². The van der Waals surface area contributed by atoms with Gasteiger partial charge in [0.15, 0.2) is 0 Å². The molecule has 1 aromatic carbocycles. The van der Waals surface area contributed by atoms with Crippen molar-refractivity contribution in [2.75, 3.05) is 19.0 Å². The second kappa shape index (κ2) is 20.5. The van der Waals surface area contributed by atoms with Crippen LogP contribution < -0.4 is 4.90 Å². The summed E-state index contributed by atoms with van der Waals surface area (Å²) in [6.45, 7) is 0. The second-order valence-corrected chi connectivity index (χ2v) is 13.0. The molecule has 0 amide bonds. The van der Waals surface area contributed by atoms with Gasteiger partial charge in [0.2, 0.25) is 0 Å². The minimum Gasteiger partial charge on any atom is -0.378 e. The van der Waals surface area contributed by atoms with Gasteiger partial charge in [0, 0.05) is 40.2 Å². The molecular weight excluding hydrogens is 1210 g/mol. The summed E-state index contributed by atoms with van der Waals surface area (Å²) in [7, 11) is 4.07. The molecule has 0 spiro atoms. The Labute approximate surface area is 369 Å². The molecule has 0 aliphatic carbocycles. The van der Waals surface area contributed by atoms with Gasteiger partial charge >= 0.3 is 118 Å². The molecule has 0 aromatic heterocycles. The van der Waals surface area contributed by atoms with Gasteiger partial charge in [-0.25, -0.2) is 0 Å². The largest absolute Gasteiger partial charge is 0.460 e. The standard InChI is InChI=1S/2C8HF17O3S.C8H11N.Pd/c2*9-1(10,3(13,14)5(17,18)7(21,22)23)2(11,12)4(15,16)6(19,20)8(24,25)28-29(26)27;1-9(2)8-6-4-3-5-7-8;/h2*(H,26,27);3-7H,1-2H3;. The van der Waals surface area contributed by atoms with Crippen molar-refractivity contribution in [2.24, 2.45) is 0 Å². The Morgan fingerprint density at radius 3 is 0.676 bits per heavy atom. The Hall–Kier alpha value is -2.56. The van der Waals surface area contributed by atoms with E-state index in [-0.39, 0.29) is 20.4 Å². The third kappa shape index (κ3) is 11.7. The minimum absolute atomic E-state index is 0. The molecule has 0 fully saturated rings. The summed E-state index contributed by atoms with van der Waals surface area (Å²) in [5.41, 5.74) is 1.25. The maximum Gasteiger partial charge on any atom is 0.460 e. The summed E-state index contributed by atoms with van der Waals surface area (Å²) < 4.78 is 469. The molecule has 0 bridgehead atoms. The van der Waals surface area contributed by atoms with E-state index in [9.17, 15) is 158 Å². The molecule has 0 aliphatic heterocycles. The first-order valence-electron chi connectivity index (χ1n) is 14.4. The van der Waals surface area contributed by atoms with Crippen molar-refractivity contribution < 1.29 is 196 Å². The summed E-state index contributed by atoms with van der Waals surface area (Å²) >= 11 is -9.44. The van der Waals surface area contributed by atoms with E-state index < -0.39 is 118 Å². The maximum atomic E-state index is 13.1. The van der Waals surface area contributed by atoms with E-state index in [0.717, 1.165) is 0 Å². The Morgan fingerprint density at radius 2 is 0.529 bits per heavy atom. The molecule has 0 saturated heterocycles. The van der Waals surface area contributed by atoms with Gasteiger partial charge in [-0.3, -0.25) is 9.11 Å². The topological polar surface area (TPSA) is 96.3 Å². The monoisotopic (exact) mass is 1230 g/mol. The van der Waals surface area contributed by atoms with E-state index in [1.54, 1.807) is 0 Å². The molecule has 68 heavy (non-hydrogen) atoms. The van der Waals surface area contributed by atoms with Crippen molar-refractivity contribution in [3.63, 3.8) is 0 Å². The fourth-order valence-corrected chi connectivity index (χ4v) is 3.88. The van der Waals surface area contributed by atoms with Crippen molar-refractivity contribution in [1.29, 1.82) is 0 Å². The first-order chi connectivity index (χ1) is 28.6. The normalized spacial score (nSPS) is 16.1. The number of halogens is 34. The number of para-hydroxylation sites is 1. The predicted molar refractivity (Wildman–Crippen MR) is 146 cm³/mol. The maximum absolute atomic E-state index is 13.1. The smallest absolute Gasteiger partial charge is 0.378 e. The molecule has 7 nitrogen and oxygen atoms in total. The quantitative estimate of drug-likeness (QED) is 0.0911. The van der Waals surface area contributed by atoms with E-state index in [4.69, 9.17) is 9.11 Å². The Bertz CT molecular complexity index is 1750. The first kappa shape index (κ1) is 69.7. The number of anilines is 1. The van der Waals surface area contributed by atoms with Crippen molar-refractivity contribution in [1.82, 2.24) is 0 Å². The molecule has 410 valence electrons. The van der Waals surface area contributed by atoms with Gasteiger partial charge in [0.1, 0.15) is 0 Å². The minimum atomic E-state index is -8.76. The summed E-state index contributed by atoms with van der Waals surface area (Å²) in [5, 5.41) is 0. The zero-order valence-corrected chi connectivity index (χ0v) is 33.5. The van der Waals surface area contributed by atoms with Crippen LogP contribution in [0.25, 0.3) is 0 Å². The van der Waals surface area contributed by atoms with Gasteiger partial charge in [0.25, 0.3) is 0 Å². The molecule has 44 heteroatoms. The van der Waals surface area contributed by atoms with Gasteiger partial charge < -0.3 is 4.90 Å². The van der Waals surface area contributed by atoms with Crippen LogP contribution in [0.1, 0.15) is 0 Å². The number of hydrogen-bond donors (Lipinski definition) is 2. The third-order valence-electron chi connectivity index (χ3n) is 7.01. The zero-order valence-electron chi connectivity index (χ0n) is 30.3. The second-order valence-electron chi connectivity index (χ2n) is 11.8. The van der Waals surface area contributed by atoms with E-state index in [1.165, 1.54) is 5.69 Å². The van der Waals surface area contributed by atoms with Crippen LogP contribution >= 0.6 is 0 Å². The van der Waals surface area contributed by atoms with Gasteiger partial charge in [0.05, 0.1) is 0 Å². The summed E-state index contributed by atoms with van der Waals surface area (Å²) in [6.07, 6.45) is -30.3. The van der Waals surface area contributed by atoms with Crippen LogP contribution in [-0.2, 0) is 51.5 Å². The van der Waals surface area contributed by atoms with E-state index >= 15 is 0 Å². The van der Waals surface area contributed by atoms with Crippen molar-refractivity contribution >= 4 is 28.4 Å². The Kier molecular flexibility index (Phi) is 21.0. The molecular formula is C24H13F34NO6PdS2. The molecule has 2 atom stereocenters. The fourth-order valence-electron chi connectivity index (χ4n) is 3.31. The van der Waals surface area contributed by atoms with Crippen LogP contribution in [0.2, 0.25) is 0 Å². The van der Waals surface area contributed by atoms with Crippen LogP contribution in [0.5, 0.6) is 0 Å². The van der Waals surface area contributed by atoms with E-state index in [1.807, 2.05) is 40.7 Å². The average molecular weight is 1230 g/mol. The van der Waals surface area contributed by atoms with Crippen LogP contribution in [0.15, 0.2) is 30.3 Å². The number of benzene rings is 1. The van der Waals surface area contributed by atoms with Crippen LogP contribution in [-0.4, -0.2) is 127 Å². The van der Waals surface area contributed by atoms with E-state index in [2.05, 4.69) is 17.0 Å². The molecule has 1 rings (SSSR count). The average Bonchev–Trinajstić information content (AvgIpc) is 3.09. The van der Waals surface area contributed by atoms with Gasteiger partial charge in [-0.2, -0.15) is 166 Å². The molecule has 0 aliphatic rings. The fraction of sp³-hybridized carbons (Fsp3) is 0.750. The first-order valence-corrected chi connectivity index (χ1v) is 16.5. The molecule has 0 saturated carbocycles. The molecule has 2 unspecified atom stereocenters. The van der Waals surface area contributed by atoms with Crippen molar-refractivity contribution in [3.8, 4) is 0 Å². The number of nitrogens with zero attached hydrogens (tertiary/aromatic N) is 1. The molecule has 1 aromatic rings. The van der Waals surface area contributed by atoms with Gasteiger partial charge in [-0.05, 0) is 12.1 Å². The molecule has 0 heterocycles. The summed E-state index contributed by atoms with van der Waals surface area (Å²) in [5.74, 6) is -102. The third-order valence-corrected chi connectivity index (χ3v) is 7.71. The van der Waals surface area contributed by atoms with Crippen LogP contribution in [0, 0.1) is 0 Å². The van der Waals surface area contributed by atoms with Gasteiger partial charge in [-0.1, -0.05) is 18.2 Å². The van der Waals surface area contributed by atoms with Crippen molar-refractivity contribution in [3.05, 3.63) is 30.3 Å². The SMILES string of the molecule is CN(C)c1ccccc1.O=S(O)OC(F)(F)C(F)(F)C(F)(F)C(F)(F)C(F)(F)C(F)(F)C(F)(F)C(F)(F)F.O=S(O)OC(F)(F)C(F)(F)C(F)(F)C(F)(F)C(F)(F)C(F)(F)C(F)(F)C(F)(F)F.[Pd]. The van der Waals surface area contributed by atoms with E-state index in [0.29, 0.717) is 0 Å². The number of hydrogen-bond acceptors (Lipinski definition) is 5. The van der Waals surface area contributed by atoms with Crippen LogP contribution in [0.3, 0.4) is 0 Å². The Balaban J connectivity index is -0.00000103. The van der Waals surface area contributed by atoms with Crippen molar-refractivity contribution in [2.45, 2.75) is 95.6 Å². The zero-order chi connectivity index (χ0) is 55.3. The Morgan fingerprint density at radius 1 is 0.353 bits per heavy atom. The summed E-state index contributed by atoms with van der Waals surface area (Å²) in [6, 6.07) is 10.3. The molecule has 0 radical (unpaired) electrons. The number of rotatable bonds is 17. The summed E-state index contributed by atoms with van der Waals surface area (Å²) in [4.78, 5) is 2.08.